The maximum atomic E-state index is 5.78. The molecular weight excluding hydrogens is 334 g/mol. The summed E-state index contributed by atoms with van der Waals surface area (Å²) in [6.45, 7) is 2.12. The molecule has 1 nitrogen and oxygen atoms in total. The van der Waals surface area contributed by atoms with Crippen LogP contribution in [0.5, 0.6) is 0 Å². The van der Waals surface area contributed by atoms with Gasteiger partial charge in [-0.15, -0.1) is 0 Å². The van der Waals surface area contributed by atoms with Crippen molar-refractivity contribution in [2.75, 3.05) is 0 Å². The normalized spacial score (nSPS) is 19.0. The zero-order valence-electron chi connectivity index (χ0n) is 14.4. The first-order valence-corrected chi connectivity index (χ1v) is 9.22. The van der Waals surface area contributed by atoms with Crippen molar-refractivity contribution in [1.29, 1.82) is 0 Å². The number of para-hydroxylation sites is 1. The van der Waals surface area contributed by atoms with Crippen LogP contribution in [0.4, 0.5) is 0 Å². The van der Waals surface area contributed by atoms with E-state index in [1.807, 2.05) is 18.3 Å². The minimum atomic E-state index is 0.256. The minimum Gasteiger partial charge on any atom is -0.256 e. The molecule has 2 aromatic carbocycles. The van der Waals surface area contributed by atoms with Gasteiger partial charge in [-0.05, 0) is 53.0 Å². The lowest BCUT2D eigenvalue weighted by atomic mass is 9.93. The number of allylic oxidation sites excluding steroid dienone is 6. The Morgan fingerprint density at radius 3 is 2.54 bits per heavy atom. The van der Waals surface area contributed by atoms with Crippen molar-refractivity contribution in [3.05, 3.63) is 101 Å². The lowest BCUT2D eigenvalue weighted by Gasteiger charge is -2.11. The number of nitrogens with zero attached hydrogens (tertiary/aromatic N) is 1. The van der Waals surface area contributed by atoms with Crippen LogP contribution in [0.2, 0.25) is 0 Å². The van der Waals surface area contributed by atoms with Gasteiger partial charge in [0.1, 0.15) is 0 Å². The van der Waals surface area contributed by atoms with Gasteiger partial charge in [0.15, 0.2) is 0 Å². The van der Waals surface area contributed by atoms with Crippen LogP contribution >= 0.6 is 12.2 Å². The number of benzene rings is 2. The Hall–Kier alpha value is -2.84. The molecule has 0 fully saturated rings. The van der Waals surface area contributed by atoms with Gasteiger partial charge < -0.3 is 0 Å². The highest BCUT2D eigenvalue weighted by atomic mass is 32.1. The first-order chi connectivity index (χ1) is 12.7. The summed E-state index contributed by atoms with van der Waals surface area (Å²) in [5.41, 5.74) is 8.41. The molecule has 0 amide bonds. The number of fused-ring (bicyclic) bond motifs is 2. The number of hydrogen-bond donors (Lipinski definition) is 0. The molecule has 5 rings (SSSR count). The third kappa shape index (κ3) is 2.30. The molecule has 0 spiro atoms. The second kappa shape index (κ2) is 5.86. The predicted molar refractivity (Wildman–Crippen MR) is 113 cm³/mol. The van der Waals surface area contributed by atoms with Gasteiger partial charge in [0, 0.05) is 27.9 Å². The van der Waals surface area contributed by atoms with Gasteiger partial charge >= 0.3 is 0 Å². The maximum Gasteiger partial charge on any atom is 0.0702 e. The van der Waals surface area contributed by atoms with E-state index >= 15 is 0 Å². The Morgan fingerprint density at radius 2 is 1.69 bits per heavy atom. The zero-order chi connectivity index (χ0) is 17.7. The Balaban J connectivity index is 1.71. The molecule has 1 heterocycles. The van der Waals surface area contributed by atoms with Crippen molar-refractivity contribution in [2.45, 2.75) is 6.92 Å². The fourth-order valence-corrected chi connectivity index (χ4v) is 4.28. The van der Waals surface area contributed by atoms with Crippen LogP contribution in [-0.4, -0.2) is 9.85 Å². The molecular formula is C24H17NS. The van der Waals surface area contributed by atoms with Crippen LogP contribution in [0.3, 0.4) is 0 Å². The molecule has 1 unspecified atom stereocenters. The van der Waals surface area contributed by atoms with E-state index in [1.54, 1.807) is 0 Å². The molecule has 2 heteroatoms. The van der Waals surface area contributed by atoms with Crippen molar-refractivity contribution >= 4 is 39.1 Å². The molecule has 0 radical (unpaired) electrons. The number of pyridine rings is 1. The first kappa shape index (κ1) is 15.4. The molecule has 0 aliphatic heterocycles. The lowest BCUT2D eigenvalue weighted by Crippen LogP contribution is -2.02. The van der Waals surface area contributed by atoms with Crippen LogP contribution in [-0.2, 0) is 0 Å². The lowest BCUT2D eigenvalue weighted by molar-refractivity contribution is 1.10. The van der Waals surface area contributed by atoms with Crippen molar-refractivity contribution < 1.29 is 0 Å². The Labute approximate surface area is 158 Å². The van der Waals surface area contributed by atoms with Gasteiger partial charge in [-0.25, -0.2) is 0 Å². The summed E-state index contributed by atoms with van der Waals surface area (Å²) < 4.78 is 0. The second-order valence-corrected chi connectivity index (χ2v) is 7.27. The number of hydrogen-bond acceptors (Lipinski definition) is 2. The molecule has 0 N–H and O–H groups in total. The third-order valence-corrected chi connectivity index (χ3v) is 5.81. The van der Waals surface area contributed by atoms with E-state index in [2.05, 4.69) is 72.6 Å². The van der Waals surface area contributed by atoms with Crippen LogP contribution in [0.1, 0.15) is 18.1 Å². The molecule has 1 atom stereocenters. The van der Waals surface area contributed by atoms with E-state index in [0.717, 1.165) is 21.3 Å². The van der Waals surface area contributed by atoms with Crippen LogP contribution in [0.25, 0.3) is 22.0 Å². The van der Waals surface area contributed by atoms with Gasteiger partial charge in [-0.3, -0.25) is 4.98 Å². The van der Waals surface area contributed by atoms with E-state index in [1.165, 1.54) is 27.9 Å². The van der Waals surface area contributed by atoms with Crippen LogP contribution in [0.15, 0.2) is 90.2 Å². The third-order valence-electron chi connectivity index (χ3n) is 5.26. The van der Waals surface area contributed by atoms with E-state index in [4.69, 9.17) is 12.2 Å². The first-order valence-electron chi connectivity index (χ1n) is 8.82. The number of thiocarbonyl (C=S) groups is 1. The largest absolute Gasteiger partial charge is 0.256 e. The highest BCUT2D eigenvalue weighted by Crippen LogP contribution is 2.48. The van der Waals surface area contributed by atoms with E-state index in [9.17, 15) is 0 Å². The summed E-state index contributed by atoms with van der Waals surface area (Å²) in [6.07, 6.45) is 6.58. The summed E-state index contributed by atoms with van der Waals surface area (Å²) in [7, 11) is 0. The minimum absolute atomic E-state index is 0.256. The fourth-order valence-electron chi connectivity index (χ4n) is 3.97. The van der Waals surface area contributed by atoms with Gasteiger partial charge in [0.2, 0.25) is 0 Å². The topological polar surface area (TPSA) is 12.9 Å². The maximum absolute atomic E-state index is 5.78. The second-order valence-electron chi connectivity index (χ2n) is 6.87. The van der Waals surface area contributed by atoms with Crippen molar-refractivity contribution in [2.24, 2.45) is 5.92 Å². The van der Waals surface area contributed by atoms with Gasteiger partial charge in [0.25, 0.3) is 0 Å². The van der Waals surface area contributed by atoms with E-state index in [0.29, 0.717) is 0 Å². The van der Waals surface area contributed by atoms with E-state index in [-0.39, 0.29) is 5.92 Å². The standard InChI is InChI=1S/C24H17NS/c1-15-11-21-19(16-7-3-2-4-8-16)13-20(23(21)24(15)26)18-12-17-9-5-6-10-22(17)25-14-18/h2-14,21H,1H3. The predicted octanol–water partition coefficient (Wildman–Crippen LogP) is 6.03. The fraction of sp³-hybridized carbons (Fsp3) is 0.0833. The molecule has 26 heavy (non-hydrogen) atoms. The molecule has 124 valence electrons. The Kier molecular flexibility index (Phi) is 3.47. The van der Waals surface area contributed by atoms with Gasteiger partial charge in [0.05, 0.1) is 5.52 Å². The average molecular weight is 351 g/mol. The molecule has 2 aliphatic carbocycles. The Morgan fingerprint density at radius 1 is 0.923 bits per heavy atom. The number of aromatic nitrogens is 1. The van der Waals surface area contributed by atoms with Crippen LogP contribution < -0.4 is 0 Å². The summed E-state index contributed by atoms with van der Waals surface area (Å²) in [5.74, 6) is 0.256. The van der Waals surface area contributed by atoms with Crippen molar-refractivity contribution in [3.63, 3.8) is 0 Å². The SMILES string of the molecule is CC1=CC2C(c3ccccc3)=CC(c3cnc4ccccc4c3)=C2C1=S. The van der Waals surface area contributed by atoms with Gasteiger partial charge in [-0.2, -0.15) is 0 Å². The van der Waals surface area contributed by atoms with Crippen LogP contribution in [0, 0.1) is 5.92 Å². The number of rotatable bonds is 2. The Bertz CT molecular complexity index is 1150. The summed E-state index contributed by atoms with van der Waals surface area (Å²) in [4.78, 5) is 5.64. The monoisotopic (exact) mass is 351 g/mol. The van der Waals surface area contributed by atoms with E-state index < -0.39 is 0 Å². The van der Waals surface area contributed by atoms with Gasteiger partial charge in [-0.1, -0.05) is 66.8 Å². The quantitative estimate of drug-likeness (QED) is 0.523. The molecule has 0 bridgehead atoms. The van der Waals surface area contributed by atoms with Crippen molar-refractivity contribution in [3.8, 4) is 0 Å². The zero-order valence-corrected chi connectivity index (χ0v) is 15.3. The molecule has 0 saturated carbocycles. The molecule has 0 saturated heterocycles. The highest BCUT2D eigenvalue weighted by molar-refractivity contribution is 7.81. The smallest absolute Gasteiger partial charge is 0.0702 e. The molecule has 1 aromatic heterocycles. The molecule has 3 aromatic rings. The average Bonchev–Trinajstić information content (AvgIpc) is 3.19. The summed E-state index contributed by atoms with van der Waals surface area (Å²) in [6, 6.07) is 21.1. The summed E-state index contributed by atoms with van der Waals surface area (Å²) in [5, 5.41) is 1.16. The highest BCUT2D eigenvalue weighted by Gasteiger charge is 2.35. The molecule has 2 aliphatic rings. The van der Waals surface area contributed by atoms with Crippen molar-refractivity contribution in [1.82, 2.24) is 4.98 Å². The summed E-state index contributed by atoms with van der Waals surface area (Å²) >= 11 is 5.78.